The Bertz CT molecular complexity index is 2910. The Morgan fingerprint density at radius 3 is 1.28 bits per heavy atom. The van der Waals surface area contributed by atoms with Crippen molar-refractivity contribution in [1.29, 1.82) is 0 Å². The van der Waals surface area contributed by atoms with E-state index in [0.29, 0.717) is 93.6 Å². The summed E-state index contributed by atoms with van der Waals surface area (Å²) in [4.78, 5) is 52.3. The number of carbonyl (C=O) groups is 2. The fourth-order valence-electron chi connectivity index (χ4n) is 9.07. The average molecular weight is 1110 g/mol. The molecule has 0 N–H and O–H groups in total. The molecule has 0 radical (unpaired) electrons. The van der Waals surface area contributed by atoms with Crippen molar-refractivity contribution in [2.24, 2.45) is 0 Å². The van der Waals surface area contributed by atoms with Crippen LogP contribution in [0.5, 0.6) is 46.0 Å². The summed E-state index contributed by atoms with van der Waals surface area (Å²) in [5.41, 5.74) is 7.88. The van der Waals surface area contributed by atoms with Gasteiger partial charge in [0.15, 0.2) is 34.5 Å². The number of hydrogen-bond donors (Lipinski definition) is 0. The first kappa shape index (κ1) is 52.8. The van der Waals surface area contributed by atoms with Crippen molar-refractivity contribution >= 4 is 46.1 Å². The molecule has 376 valence electrons. The molecule has 2 aliphatic carbocycles. The van der Waals surface area contributed by atoms with Crippen molar-refractivity contribution in [2.45, 2.75) is 48.2 Å². The van der Waals surface area contributed by atoms with Crippen molar-refractivity contribution in [1.82, 2.24) is 0 Å². The average Bonchev–Trinajstić information content (AvgIpc) is 3.81. The first-order chi connectivity index (χ1) is 34.9. The molecule has 8 rings (SSSR count). The van der Waals surface area contributed by atoms with Gasteiger partial charge in [-0.1, -0.05) is 46.9 Å². The van der Waals surface area contributed by atoms with E-state index in [1.807, 2.05) is 36.4 Å². The van der Waals surface area contributed by atoms with Crippen molar-refractivity contribution in [3.05, 3.63) is 162 Å². The summed E-state index contributed by atoms with van der Waals surface area (Å²) < 4.78 is 57.3. The van der Waals surface area contributed by atoms with Crippen LogP contribution in [0, 0.1) is 0 Å². The Hall–Kier alpha value is -6.98. The highest BCUT2D eigenvalue weighted by Gasteiger charge is 2.33. The lowest BCUT2D eigenvalue weighted by molar-refractivity contribution is 0.0271. The van der Waals surface area contributed by atoms with Crippen LogP contribution < -0.4 is 48.8 Å². The number of alkyl halides is 2. The van der Waals surface area contributed by atoms with Gasteiger partial charge >= 0.3 is 11.9 Å². The van der Waals surface area contributed by atoms with Crippen LogP contribution in [0.15, 0.2) is 107 Å². The van der Waals surface area contributed by atoms with E-state index in [0.717, 1.165) is 37.8 Å². The van der Waals surface area contributed by atoms with Crippen molar-refractivity contribution < 1.29 is 57.0 Å². The molecular formula is C56H54ClIO14. The molecule has 0 bridgehead atoms. The molecule has 0 spiro atoms. The summed E-state index contributed by atoms with van der Waals surface area (Å²) in [6, 6.07) is 27.9. The van der Waals surface area contributed by atoms with Gasteiger partial charge in [-0.2, -0.15) is 0 Å². The molecule has 0 aliphatic heterocycles. The van der Waals surface area contributed by atoms with Gasteiger partial charge in [-0.15, -0.1) is 11.6 Å². The molecule has 16 heteroatoms. The number of hydrogen-bond acceptors (Lipinski definition) is 14. The number of ether oxygens (including phenoxy) is 10. The van der Waals surface area contributed by atoms with E-state index in [9.17, 15) is 19.2 Å². The largest absolute Gasteiger partial charge is 0.493 e. The minimum atomic E-state index is -0.703. The van der Waals surface area contributed by atoms with Crippen LogP contribution in [-0.4, -0.2) is 68.8 Å². The summed E-state index contributed by atoms with van der Waals surface area (Å²) >= 11 is 8.20. The molecule has 14 nitrogen and oxygen atoms in total. The fourth-order valence-corrected chi connectivity index (χ4v) is 9.71. The number of rotatable bonds is 14. The number of benzene rings is 4. The Kier molecular flexibility index (Phi) is 17.6. The zero-order valence-electron chi connectivity index (χ0n) is 41.1. The quantitative estimate of drug-likeness (QED) is 0.0576. The number of carbonyl (C=O) groups excluding carboxylic acids is 2. The lowest BCUT2D eigenvalue weighted by atomic mass is 9.96. The van der Waals surface area contributed by atoms with Crippen molar-refractivity contribution in [2.75, 3.05) is 56.9 Å². The van der Waals surface area contributed by atoms with Gasteiger partial charge in [0.1, 0.15) is 12.2 Å². The molecule has 0 amide bonds. The van der Waals surface area contributed by atoms with Crippen LogP contribution in [0.3, 0.4) is 0 Å². The molecule has 0 fully saturated rings. The maximum Gasteiger partial charge on any atom is 0.338 e. The Balaban J connectivity index is 0.000000211. The van der Waals surface area contributed by atoms with Crippen LogP contribution in [0.2, 0.25) is 0 Å². The molecule has 2 atom stereocenters. The number of methoxy groups -OCH3 is 8. The highest BCUT2D eigenvalue weighted by atomic mass is 127. The molecule has 2 aliphatic rings. The van der Waals surface area contributed by atoms with E-state index >= 15 is 0 Å². The van der Waals surface area contributed by atoms with E-state index < -0.39 is 24.1 Å². The molecule has 6 aromatic carbocycles. The first-order valence-corrected chi connectivity index (χ1v) is 24.8. The molecule has 0 aromatic heterocycles. The Labute approximate surface area is 436 Å². The summed E-state index contributed by atoms with van der Waals surface area (Å²) in [5, 5.41) is 0. The Morgan fingerprint density at radius 1 is 0.500 bits per heavy atom. The van der Waals surface area contributed by atoms with E-state index in [-0.39, 0.29) is 28.2 Å². The second kappa shape index (κ2) is 24.0. The summed E-state index contributed by atoms with van der Waals surface area (Å²) in [6.45, 7) is 0. The van der Waals surface area contributed by atoms with E-state index in [4.69, 9.17) is 59.0 Å². The predicted octanol–water partition coefficient (Wildman–Crippen LogP) is 10.9. The lowest BCUT2D eigenvalue weighted by Gasteiger charge is -2.19. The van der Waals surface area contributed by atoms with Crippen molar-refractivity contribution in [3.8, 4) is 68.2 Å². The second-order valence-corrected chi connectivity index (χ2v) is 17.5. The number of esters is 2. The minimum absolute atomic E-state index is 0.170. The topological polar surface area (TPSA) is 161 Å². The van der Waals surface area contributed by atoms with Crippen LogP contribution >= 0.6 is 34.2 Å². The number of halogens is 2. The zero-order valence-corrected chi connectivity index (χ0v) is 44.0. The van der Waals surface area contributed by atoms with E-state index in [1.54, 1.807) is 84.1 Å². The smallest absolute Gasteiger partial charge is 0.338 e. The van der Waals surface area contributed by atoms with Crippen LogP contribution in [-0.2, 0) is 32.6 Å². The van der Waals surface area contributed by atoms with Crippen LogP contribution in [0.25, 0.3) is 22.3 Å². The highest BCUT2D eigenvalue weighted by molar-refractivity contribution is 14.1. The highest BCUT2D eigenvalue weighted by Crippen LogP contribution is 2.52. The molecule has 0 heterocycles. The minimum Gasteiger partial charge on any atom is -0.493 e. The molecular weight excluding hydrogens is 1060 g/mol. The van der Waals surface area contributed by atoms with Gasteiger partial charge in [-0.3, -0.25) is 9.59 Å². The van der Waals surface area contributed by atoms with E-state index in [2.05, 4.69) is 22.6 Å². The third-order valence-corrected chi connectivity index (χ3v) is 13.7. The van der Waals surface area contributed by atoms with Crippen molar-refractivity contribution in [3.63, 3.8) is 0 Å². The van der Waals surface area contributed by atoms with Gasteiger partial charge < -0.3 is 47.4 Å². The zero-order chi connectivity index (χ0) is 51.6. The first-order valence-electron chi connectivity index (χ1n) is 22.7. The third kappa shape index (κ3) is 10.9. The predicted molar refractivity (Wildman–Crippen MR) is 282 cm³/mol. The van der Waals surface area contributed by atoms with E-state index in [1.165, 1.54) is 33.5 Å². The molecule has 72 heavy (non-hydrogen) atoms. The summed E-state index contributed by atoms with van der Waals surface area (Å²) in [5.74, 6) is 2.55. The molecule has 0 unspecified atom stereocenters. The Morgan fingerprint density at radius 2 is 0.903 bits per heavy atom. The second-order valence-electron chi connectivity index (χ2n) is 16.5. The van der Waals surface area contributed by atoms with Gasteiger partial charge in [0.25, 0.3) is 0 Å². The normalized spacial score (nSPS) is 14.1. The lowest BCUT2D eigenvalue weighted by Crippen LogP contribution is -2.13. The molecule has 6 aromatic rings. The molecule has 0 saturated carbocycles. The van der Waals surface area contributed by atoms with Gasteiger partial charge in [-0.25, -0.2) is 9.59 Å². The van der Waals surface area contributed by atoms with Crippen LogP contribution in [0.4, 0.5) is 0 Å². The SMILES string of the molecule is COc1cc2c(c(OC)c1OC)-c1ccc(OC)c(=O)cc1[C@H](OC(=O)c1cccc(CCl)c1)CC2.COc1cc2c(c(OC)c1OC)-c1ccc(OC)c(=O)cc1[C@H](OC(=O)c1cccc(CI)c1)CC2. The maximum atomic E-state index is 13.2. The fraction of sp³-hybridized carbons (Fsp3) is 0.286. The maximum absolute atomic E-state index is 13.2. The standard InChI is InChI=1S/C28H27ClO7.C28H27IO7/c2*1-32-23-11-9-19-20(14-21(23)30)22(36-28(31)18-7-5-6-16(12-18)15-29)10-8-17-13-24(33-2)26(34-3)27(35-4)25(17)19/h2*5-7,9,11-14,22H,8,10,15H2,1-4H3/t2*22-/m11/s1. The molecule has 0 saturated heterocycles. The van der Waals surface area contributed by atoms with Gasteiger partial charge in [0.05, 0.1) is 68.0 Å². The third-order valence-electron chi connectivity index (χ3n) is 12.5. The van der Waals surface area contributed by atoms with Crippen LogP contribution in [0.1, 0.15) is 79.1 Å². The van der Waals surface area contributed by atoms with Gasteiger partial charge in [-0.05, 0) is 132 Å². The number of fused-ring (bicyclic) bond motifs is 6. The van der Waals surface area contributed by atoms with Gasteiger partial charge in [0.2, 0.25) is 22.4 Å². The summed E-state index contributed by atoms with van der Waals surface area (Å²) in [7, 11) is 12.2. The summed E-state index contributed by atoms with van der Waals surface area (Å²) in [6.07, 6.45) is 0.616. The van der Waals surface area contributed by atoms with Gasteiger partial charge in [0, 0.05) is 32.6 Å². The number of aryl methyl sites for hydroxylation is 2. The monoisotopic (exact) mass is 1110 g/mol.